The molecule has 1 aliphatic carbocycles. The molecule has 0 saturated carbocycles. The molecule has 0 atom stereocenters. The highest BCUT2D eigenvalue weighted by Crippen LogP contribution is 2.43. The number of aromatic carboxylic acids is 1. The van der Waals surface area contributed by atoms with E-state index in [4.69, 9.17) is 5.73 Å². The van der Waals surface area contributed by atoms with Crippen molar-refractivity contribution in [1.82, 2.24) is 19.9 Å². The Morgan fingerprint density at radius 1 is 1.24 bits per heavy atom. The van der Waals surface area contributed by atoms with Crippen LogP contribution in [0.25, 0.3) is 22.5 Å². The zero-order chi connectivity index (χ0) is 23.5. The summed E-state index contributed by atoms with van der Waals surface area (Å²) in [5.74, 6) is -0.991. The van der Waals surface area contributed by atoms with E-state index in [1.807, 2.05) is 7.05 Å². The second-order valence-corrected chi connectivity index (χ2v) is 8.85. The van der Waals surface area contributed by atoms with E-state index in [1.165, 1.54) is 6.07 Å². The molecular formula is C23H22F3N5O2. The molecule has 172 valence electrons. The zero-order valence-corrected chi connectivity index (χ0v) is 17.8. The van der Waals surface area contributed by atoms with E-state index < -0.39 is 23.3 Å². The number of carboxylic acid groups (broad SMARTS) is 1. The highest BCUT2D eigenvalue weighted by atomic mass is 19.4. The van der Waals surface area contributed by atoms with Gasteiger partial charge in [-0.25, -0.2) is 4.79 Å². The van der Waals surface area contributed by atoms with Crippen LogP contribution in [0.2, 0.25) is 0 Å². The van der Waals surface area contributed by atoms with E-state index >= 15 is 0 Å². The van der Waals surface area contributed by atoms with E-state index in [0.29, 0.717) is 49.4 Å². The van der Waals surface area contributed by atoms with Gasteiger partial charge >= 0.3 is 12.1 Å². The highest BCUT2D eigenvalue weighted by Gasteiger charge is 2.46. The quantitative estimate of drug-likeness (QED) is 0.556. The fourth-order valence-electron chi connectivity index (χ4n) is 5.08. The van der Waals surface area contributed by atoms with Crippen LogP contribution in [0.5, 0.6) is 0 Å². The number of alkyl halides is 3. The molecule has 3 aromatic rings. The maximum atomic E-state index is 12.9. The Kier molecular flexibility index (Phi) is 4.84. The Balaban J connectivity index is 1.61. The smallest absolute Gasteiger partial charge is 0.433 e. The number of nitrogens with zero attached hydrogens (tertiary/aromatic N) is 3. The molecule has 33 heavy (non-hydrogen) atoms. The van der Waals surface area contributed by atoms with Crippen LogP contribution in [0.1, 0.15) is 32.9 Å². The number of rotatable bonds is 4. The first-order chi connectivity index (χ1) is 15.6. The number of nitrogens with one attached hydrogen (secondary N) is 1. The summed E-state index contributed by atoms with van der Waals surface area (Å²) < 4.78 is 38.6. The predicted octanol–water partition coefficient (Wildman–Crippen LogP) is 3.10. The maximum absolute atomic E-state index is 12.9. The predicted molar refractivity (Wildman–Crippen MR) is 115 cm³/mol. The third-order valence-electron chi connectivity index (χ3n) is 6.63. The molecule has 0 amide bonds. The zero-order valence-electron chi connectivity index (χ0n) is 17.8. The number of pyridine rings is 2. The van der Waals surface area contributed by atoms with Gasteiger partial charge in [-0.05, 0) is 49.2 Å². The lowest BCUT2D eigenvalue weighted by Crippen LogP contribution is -2.61. The van der Waals surface area contributed by atoms with E-state index in [0.717, 1.165) is 34.6 Å². The Morgan fingerprint density at radius 2 is 2.00 bits per heavy atom. The van der Waals surface area contributed by atoms with E-state index in [-0.39, 0.29) is 5.56 Å². The van der Waals surface area contributed by atoms with Crippen LogP contribution in [-0.2, 0) is 24.4 Å². The van der Waals surface area contributed by atoms with Crippen molar-refractivity contribution in [2.75, 3.05) is 26.7 Å². The number of hydrogen-bond donors (Lipinski definition) is 3. The number of hydrogen-bond acceptors (Lipinski definition) is 5. The molecule has 0 bridgehead atoms. The number of halogens is 3. The molecule has 0 spiro atoms. The number of carbonyl (C=O) groups is 1. The third-order valence-corrected chi connectivity index (χ3v) is 6.63. The summed E-state index contributed by atoms with van der Waals surface area (Å²) in [6.07, 6.45) is -0.493. The number of nitrogens with two attached hydrogens (primary N) is 1. The van der Waals surface area contributed by atoms with Gasteiger partial charge in [0.1, 0.15) is 5.69 Å². The Hall–Kier alpha value is -3.24. The first-order valence-electron chi connectivity index (χ1n) is 10.5. The largest absolute Gasteiger partial charge is 0.478 e. The van der Waals surface area contributed by atoms with Gasteiger partial charge in [0.05, 0.1) is 17.0 Å². The average molecular weight is 457 g/mol. The number of likely N-dealkylation sites (tertiary alicyclic amines) is 1. The second-order valence-electron chi connectivity index (χ2n) is 8.85. The Labute approximate surface area is 187 Å². The molecule has 7 nitrogen and oxygen atoms in total. The summed E-state index contributed by atoms with van der Waals surface area (Å²) in [5, 5.41) is 10.0. The van der Waals surface area contributed by atoms with Gasteiger partial charge < -0.3 is 20.7 Å². The van der Waals surface area contributed by atoms with Crippen LogP contribution in [0.4, 0.5) is 13.2 Å². The van der Waals surface area contributed by atoms with Crippen molar-refractivity contribution in [3.63, 3.8) is 0 Å². The first-order valence-corrected chi connectivity index (χ1v) is 10.5. The number of aromatic nitrogens is 3. The summed E-state index contributed by atoms with van der Waals surface area (Å²) in [6.45, 7) is 1.65. The van der Waals surface area contributed by atoms with Gasteiger partial charge in [-0.1, -0.05) is 0 Å². The molecule has 4 N–H and O–H groups in total. The summed E-state index contributed by atoms with van der Waals surface area (Å²) in [7, 11) is 1.96. The van der Waals surface area contributed by atoms with Gasteiger partial charge in [0.15, 0.2) is 0 Å². The molecule has 0 radical (unpaired) electrons. The monoisotopic (exact) mass is 457 g/mol. The highest BCUT2D eigenvalue weighted by molar-refractivity contribution is 5.95. The van der Waals surface area contributed by atoms with E-state index in [2.05, 4.69) is 19.9 Å². The fourth-order valence-corrected chi connectivity index (χ4v) is 5.08. The lowest BCUT2D eigenvalue weighted by molar-refractivity contribution is -0.141. The molecule has 2 aliphatic rings. The lowest BCUT2D eigenvalue weighted by Gasteiger charge is -2.48. The van der Waals surface area contributed by atoms with Gasteiger partial charge in [-0.15, -0.1) is 0 Å². The molecule has 1 aliphatic heterocycles. The standard InChI is InChI=1S/C23H22F3N5O2/c1-31-10-22(9-27,11-31)20-18(21(32)33)14-4-2-12-7-28-16(6-15(12)19(14)30-20)13-3-5-17(29-8-13)23(24,25)26/h3,5-8,30H,2,4,9-11,27H2,1H3,(H,32,33). The van der Waals surface area contributed by atoms with Gasteiger partial charge in [0, 0.05) is 54.3 Å². The summed E-state index contributed by atoms with van der Waals surface area (Å²) >= 11 is 0. The summed E-state index contributed by atoms with van der Waals surface area (Å²) in [6, 6.07) is 4.05. The number of aromatic amines is 1. The lowest BCUT2D eigenvalue weighted by atomic mass is 9.75. The summed E-state index contributed by atoms with van der Waals surface area (Å²) in [5.41, 5.74) is 9.70. The number of H-pyrrole nitrogens is 1. The van der Waals surface area contributed by atoms with Gasteiger partial charge in [-0.3, -0.25) is 9.97 Å². The maximum Gasteiger partial charge on any atom is 0.433 e. The van der Waals surface area contributed by atoms with Gasteiger partial charge in [0.25, 0.3) is 0 Å². The van der Waals surface area contributed by atoms with Crippen molar-refractivity contribution < 1.29 is 23.1 Å². The van der Waals surface area contributed by atoms with E-state index in [1.54, 1.807) is 12.3 Å². The van der Waals surface area contributed by atoms with E-state index in [9.17, 15) is 23.1 Å². The van der Waals surface area contributed by atoms with Gasteiger partial charge in [0.2, 0.25) is 0 Å². The minimum Gasteiger partial charge on any atom is -0.478 e. The molecule has 10 heteroatoms. The fraction of sp³-hybridized carbons (Fsp3) is 0.348. The molecule has 5 rings (SSSR count). The van der Waals surface area contributed by atoms with Crippen LogP contribution in [-0.4, -0.2) is 57.6 Å². The Morgan fingerprint density at radius 3 is 2.58 bits per heavy atom. The van der Waals surface area contributed by atoms with Crippen LogP contribution < -0.4 is 5.73 Å². The normalized spacial score (nSPS) is 17.2. The number of aryl methyl sites for hydroxylation is 1. The van der Waals surface area contributed by atoms with Crippen molar-refractivity contribution >= 4 is 5.97 Å². The molecule has 4 heterocycles. The van der Waals surface area contributed by atoms with Crippen molar-refractivity contribution in [2.45, 2.75) is 24.4 Å². The Bertz CT molecular complexity index is 1240. The van der Waals surface area contributed by atoms with Crippen molar-refractivity contribution in [1.29, 1.82) is 0 Å². The second kappa shape index (κ2) is 7.39. The third kappa shape index (κ3) is 3.41. The van der Waals surface area contributed by atoms with Crippen molar-refractivity contribution in [3.05, 3.63) is 58.7 Å². The average Bonchev–Trinajstić information content (AvgIpc) is 3.16. The number of fused-ring (bicyclic) bond motifs is 3. The summed E-state index contributed by atoms with van der Waals surface area (Å²) in [4.78, 5) is 25.7. The van der Waals surface area contributed by atoms with Crippen LogP contribution in [0, 0.1) is 0 Å². The molecule has 1 fully saturated rings. The topological polar surface area (TPSA) is 108 Å². The minimum atomic E-state index is -4.51. The van der Waals surface area contributed by atoms with Crippen molar-refractivity contribution in [2.24, 2.45) is 5.73 Å². The minimum absolute atomic E-state index is 0.281. The van der Waals surface area contributed by atoms with Crippen molar-refractivity contribution in [3.8, 4) is 22.5 Å². The molecule has 0 unspecified atom stereocenters. The first kappa shape index (κ1) is 21.6. The molecule has 1 saturated heterocycles. The molecule has 3 aromatic heterocycles. The number of carboxylic acids is 1. The molecule has 0 aromatic carbocycles. The SMILES string of the molecule is CN1CC(CN)(c2[nH]c3c(c2C(=O)O)CCc2cnc(-c4ccc(C(F)(F)F)nc4)cc2-3)C1. The van der Waals surface area contributed by atoms with Crippen LogP contribution in [0.15, 0.2) is 30.6 Å². The molecular weight excluding hydrogens is 435 g/mol. The van der Waals surface area contributed by atoms with Gasteiger partial charge in [-0.2, -0.15) is 13.2 Å². The van der Waals surface area contributed by atoms with Crippen LogP contribution in [0.3, 0.4) is 0 Å². The van der Waals surface area contributed by atoms with Crippen LogP contribution >= 0.6 is 0 Å². The number of likely N-dealkylation sites (N-methyl/N-ethyl adjacent to an activating group) is 1.